The number of carboxylic acid groups (broad SMARTS) is 1. The van der Waals surface area contributed by atoms with Gasteiger partial charge in [-0.05, 0) is 36.6 Å². The summed E-state index contributed by atoms with van der Waals surface area (Å²) in [6.45, 7) is 2.21. The zero-order chi connectivity index (χ0) is 22.9. The topological polar surface area (TPSA) is 77.8 Å². The van der Waals surface area contributed by atoms with Gasteiger partial charge in [0.25, 0.3) is 0 Å². The fraction of sp³-hybridized carbons (Fsp3) is 0.308. The minimum absolute atomic E-state index is 0.0302. The third kappa shape index (κ3) is 6.59. The predicted molar refractivity (Wildman–Crippen MR) is 125 cm³/mol. The molecule has 1 amide bonds. The van der Waals surface area contributed by atoms with Crippen LogP contribution < -0.4 is 0 Å². The first-order valence-electron chi connectivity index (χ1n) is 10.5. The van der Waals surface area contributed by atoms with Gasteiger partial charge in [0.1, 0.15) is 4.88 Å². The smallest absolute Gasteiger partial charge is 0.345 e. The van der Waals surface area contributed by atoms with Crippen molar-refractivity contribution in [3.8, 4) is 23.7 Å². The van der Waals surface area contributed by atoms with E-state index < -0.39 is 12.1 Å². The maximum atomic E-state index is 12.2. The van der Waals surface area contributed by atoms with Crippen LogP contribution in [0.25, 0.3) is 0 Å². The lowest BCUT2D eigenvalue weighted by molar-refractivity contribution is -0.127. The van der Waals surface area contributed by atoms with Crippen molar-refractivity contribution >= 4 is 23.2 Å². The van der Waals surface area contributed by atoms with E-state index in [1.807, 2.05) is 43.3 Å². The highest BCUT2D eigenvalue weighted by molar-refractivity contribution is 7.14. The lowest BCUT2D eigenvalue weighted by Gasteiger charge is -2.20. The molecule has 2 N–H and O–H groups in total. The second kappa shape index (κ2) is 11.3. The Bertz CT molecular complexity index is 1100. The van der Waals surface area contributed by atoms with Gasteiger partial charge in [-0.2, -0.15) is 0 Å². The third-order valence-corrected chi connectivity index (χ3v) is 6.19. The highest BCUT2D eigenvalue weighted by Crippen LogP contribution is 2.21. The molecule has 1 aliphatic rings. The van der Waals surface area contributed by atoms with Gasteiger partial charge in [0, 0.05) is 18.4 Å². The third-order valence-electron chi connectivity index (χ3n) is 5.20. The predicted octanol–water partition coefficient (Wildman–Crippen LogP) is 3.78. The molecule has 1 fully saturated rings. The summed E-state index contributed by atoms with van der Waals surface area (Å²) in [6, 6.07) is 12.8. The Balaban J connectivity index is 1.54. The van der Waals surface area contributed by atoms with Crippen molar-refractivity contribution in [1.82, 2.24) is 4.90 Å². The molecule has 0 spiro atoms. The van der Waals surface area contributed by atoms with Crippen LogP contribution in [-0.2, 0) is 4.79 Å². The number of carbonyl (C=O) groups is 2. The summed E-state index contributed by atoms with van der Waals surface area (Å²) in [5, 5.41) is 19.4. The number of hydrogen-bond donors (Lipinski definition) is 2. The van der Waals surface area contributed by atoms with Crippen molar-refractivity contribution < 1.29 is 19.8 Å². The molecule has 1 aromatic carbocycles. The van der Waals surface area contributed by atoms with Crippen LogP contribution in [0.15, 0.2) is 54.6 Å². The quantitative estimate of drug-likeness (QED) is 0.522. The molecule has 32 heavy (non-hydrogen) atoms. The molecular weight excluding hydrogens is 422 g/mol. The number of benzene rings is 1. The Morgan fingerprint density at radius 1 is 1.22 bits per heavy atom. The number of thiophene rings is 1. The van der Waals surface area contributed by atoms with Gasteiger partial charge in [-0.25, -0.2) is 4.79 Å². The summed E-state index contributed by atoms with van der Waals surface area (Å²) in [4.78, 5) is 25.8. The Morgan fingerprint density at radius 2 is 2.00 bits per heavy atom. The molecule has 3 atom stereocenters. The lowest BCUT2D eigenvalue weighted by atomic mass is 9.99. The molecule has 0 bridgehead atoms. The van der Waals surface area contributed by atoms with Crippen molar-refractivity contribution in [3.05, 3.63) is 69.9 Å². The number of aliphatic hydroxyl groups excluding tert-OH is 1. The first-order valence-corrected chi connectivity index (χ1v) is 11.3. The summed E-state index contributed by atoms with van der Waals surface area (Å²) in [5.74, 6) is 11.1. The summed E-state index contributed by atoms with van der Waals surface area (Å²) in [5.41, 5.74) is 0.952. The Labute approximate surface area is 192 Å². The molecule has 0 aliphatic carbocycles. The standard InChI is InChI=1S/C26H25NO4S/c1-19(7-5-10-20-8-3-2-4-9-20)23(28)15-12-21-13-17-25(29)27(21)18-6-11-22-14-16-24(32-22)26(30)31/h2-4,8-9,12,14-16,19,21,23,28H,7,13,17-18H2,1H3,(H,30,31). The zero-order valence-electron chi connectivity index (χ0n) is 17.8. The molecular formula is C26H25NO4S. The fourth-order valence-corrected chi connectivity index (χ4v) is 4.00. The summed E-state index contributed by atoms with van der Waals surface area (Å²) in [7, 11) is 0. The average Bonchev–Trinajstić information content (AvgIpc) is 3.40. The van der Waals surface area contributed by atoms with E-state index in [4.69, 9.17) is 5.11 Å². The highest BCUT2D eigenvalue weighted by Gasteiger charge is 2.28. The van der Waals surface area contributed by atoms with Crippen molar-refractivity contribution in [2.24, 2.45) is 5.92 Å². The van der Waals surface area contributed by atoms with Gasteiger partial charge in [0.05, 0.1) is 23.6 Å². The second-order valence-corrected chi connectivity index (χ2v) is 8.71. The zero-order valence-corrected chi connectivity index (χ0v) is 18.6. The van der Waals surface area contributed by atoms with Crippen molar-refractivity contribution in [2.75, 3.05) is 6.54 Å². The molecule has 6 heteroatoms. The number of likely N-dealkylation sites (tertiary alicyclic amines) is 1. The van der Waals surface area contributed by atoms with E-state index in [-0.39, 0.29) is 29.3 Å². The van der Waals surface area contributed by atoms with Gasteiger partial charge in [-0.1, -0.05) is 61.0 Å². The molecule has 3 unspecified atom stereocenters. The largest absolute Gasteiger partial charge is 0.477 e. The van der Waals surface area contributed by atoms with E-state index in [9.17, 15) is 14.7 Å². The Morgan fingerprint density at radius 3 is 2.72 bits per heavy atom. The molecule has 1 saturated heterocycles. The van der Waals surface area contributed by atoms with Crippen LogP contribution in [0, 0.1) is 29.6 Å². The number of carbonyl (C=O) groups excluding carboxylic acids is 1. The number of nitrogens with zero attached hydrogens (tertiary/aromatic N) is 1. The molecule has 2 aromatic rings. The number of aliphatic hydroxyl groups is 1. The van der Waals surface area contributed by atoms with Gasteiger partial charge in [-0.15, -0.1) is 11.3 Å². The second-order valence-electron chi connectivity index (χ2n) is 7.62. The Hall–Kier alpha value is -3.32. The van der Waals surface area contributed by atoms with Crippen molar-refractivity contribution in [3.63, 3.8) is 0 Å². The number of hydrogen-bond acceptors (Lipinski definition) is 4. The number of amides is 1. The molecule has 1 aromatic heterocycles. The maximum absolute atomic E-state index is 12.2. The molecule has 0 radical (unpaired) electrons. The van der Waals surface area contributed by atoms with Crippen molar-refractivity contribution in [1.29, 1.82) is 0 Å². The van der Waals surface area contributed by atoms with Gasteiger partial charge in [0.2, 0.25) is 5.91 Å². The van der Waals surface area contributed by atoms with Gasteiger partial charge >= 0.3 is 5.97 Å². The minimum Gasteiger partial charge on any atom is -0.477 e. The van der Waals surface area contributed by atoms with Crippen LogP contribution in [0.4, 0.5) is 0 Å². The maximum Gasteiger partial charge on any atom is 0.345 e. The first kappa shape index (κ1) is 23.3. The van der Waals surface area contributed by atoms with Crippen LogP contribution in [-0.4, -0.2) is 45.7 Å². The van der Waals surface area contributed by atoms with Crippen LogP contribution in [0.3, 0.4) is 0 Å². The lowest BCUT2D eigenvalue weighted by Crippen LogP contribution is -2.32. The van der Waals surface area contributed by atoms with Crippen LogP contribution >= 0.6 is 11.3 Å². The normalized spacial score (nSPS) is 17.4. The molecule has 5 nitrogen and oxygen atoms in total. The van der Waals surface area contributed by atoms with Gasteiger partial charge in [0.15, 0.2) is 0 Å². The summed E-state index contributed by atoms with van der Waals surface area (Å²) < 4.78 is 0. The van der Waals surface area contributed by atoms with E-state index in [2.05, 4.69) is 23.7 Å². The number of rotatable bonds is 6. The monoisotopic (exact) mass is 447 g/mol. The summed E-state index contributed by atoms with van der Waals surface area (Å²) >= 11 is 1.11. The molecule has 0 saturated carbocycles. The highest BCUT2D eigenvalue weighted by atomic mass is 32.1. The van der Waals surface area contributed by atoms with Gasteiger partial charge < -0.3 is 15.1 Å². The summed E-state index contributed by atoms with van der Waals surface area (Å²) in [6.07, 6.45) is 4.69. The SMILES string of the molecule is CC(CC#Cc1ccccc1)C(O)C=CC1CCC(=O)N1CC#Cc1ccc(C(=O)O)s1. The molecule has 1 aliphatic heterocycles. The molecule has 3 rings (SSSR count). The van der Waals surface area contributed by atoms with Crippen LogP contribution in [0.5, 0.6) is 0 Å². The van der Waals surface area contributed by atoms with E-state index in [0.717, 1.165) is 16.9 Å². The van der Waals surface area contributed by atoms with Crippen LogP contribution in [0.1, 0.15) is 46.3 Å². The number of aromatic carboxylic acids is 1. The van der Waals surface area contributed by atoms with Crippen molar-refractivity contribution in [2.45, 2.75) is 38.3 Å². The average molecular weight is 448 g/mol. The number of carboxylic acids is 1. The van der Waals surface area contributed by atoms with Gasteiger partial charge in [-0.3, -0.25) is 4.79 Å². The first-order chi connectivity index (χ1) is 15.4. The molecule has 2 heterocycles. The van der Waals surface area contributed by atoms with E-state index in [0.29, 0.717) is 24.1 Å². The minimum atomic E-state index is -0.971. The van der Waals surface area contributed by atoms with Crippen LogP contribution in [0.2, 0.25) is 0 Å². The Kier molecular flexibility index (Phi) is 8.27. The van der Waals surface area contributed by atoms with E-state index >= 15 is 0 Å². The van der Waals surface area contributed by atoms with E-state index in [1.54, 1.807) is 17.0 Å². The fourth-order valence-electron chi connectivity index (χ4n) is 3.28. The van der Waals surface area contributed by atoms with E-state index in [1.165, 1.54) is 6.07 Å². The molecule has 164 valence electrons.